The topological polar surface area (TPSA) is 100 Å². The third kappa shape index (κ3) is 7.60. The minimum Gasteiger partial charge on any atom is -0.490 e. The van der Waals surface area contributed by atoms with E-state index in [-0.39, 0.29) is 18.1 Å². The lowest BCUT2D eigenvalue weighted by molar-refractivity contribution is -0.118. The van der Waals surface area contributed by atoms with Gasteiger partial charge in [0.15, 0.2) is 18.1 Å². The van der Waals surface area contributed by atoms with Crippen LogP contribution in [0.4, 0.5) is 11.4 Å². The van der Waals surface area contributed by atoms with Crippen LogP contribution in [0.2, 0.25) is 5.02 Å². The van der Waals surface area contributed by atoms with Crippen LogP contribution in [-0.2, 0) is 9.59 Å². The molecule has 178 valence electrons. The Labute approximate surface area is 216 Å². The molecular weight excluding hydrogens is 534 g/mol. The lowest BCUT2D eigenvalue weighted by Crippen LogP contribution is -2.20. The van der Waals surface area contributed by atoms with E-state index >= 15 is 0 Å². The molecule has 0 heterocycles. The molecule has 0 aliphatic rings. The van der Waals surface area contributed by atoms with Crippen molar-refractivity contribution >= 4 is 56.8 Å². The molecule has 0 unspecified atom stereocenters. The summed E-state index contributed by atoms with van der Waals surface area (Å²) in [6.07, 6.45) is 1.43. The first-order chi connectivity index (χ1) is 16.9. The Morgan fingerprint density at radius 3 is 2.37 bits per heavy atom. The molecule has 0 saturated carbocycles. The predicted octanol–water partition coefficient (Wildman–Crippen LogP) is 6.06. The number of nitriles is 1. The summed E-state index contributed by atoms with van der Waals surface area (Å²) >= 11 is 9.30. The first kappa shape index (κ1) is 25.8. The third-order valence-electron chi connectivity index (χ3n) is 4.52. The van der Waals surface area contributed by atoms with Gasteiger partial charge in [-0.05, 0) is 83.0 Å². The maximum Gasteiger partial charge on any atom is 0.266 e. The number of hydrogen-bond acceptors (Lipinski definition) is 5. The lowest BCUT2D eigenvalue weighted by Gasteiger charge is -2.15. The Morgan fingerprint density at radius 1 is 1.03 bits per heavy atom. The molecule has 2 N–H and O–H groups in total. The Kier molecular flexibility index (Phi) is 9.30. The summed E-state index contributed by atoms with van der Waals surface area (Å²) in [5, 5.41) is 15.5. The van der Waals surface area contributed by atoms with Gasteiger partial charge in [-0.15, -0.1) is 0 Å². The number of nitrogens with zero attached hydrogens (tertiary/aromatic N) is 1. The van der Waals surface area contributed by atoms with Gasteiger partial charge >= 0.3 is 0 Å². The standard InChI is InChI=1S/C26H21BrClN3O4/c1-2-34-23-14-17(12-18(15-29)26(33)31-21-10-8-19(28)9-11-21)13-22(27)25(23)35-16-24(32)30-20-6-4-3-5-7-20/h3-14H,2,16H2,1H3,(H,30,32)(H,31,33)/b18-12+. The van der Waals surface area contributed by atoms with Crippen LogP contribution in [-0.4, -0.2) is 25.0 Å². The van der Waals surface area contributed by atoms with Gasteiger partial charge in [-0.1, -0.05) is 29.8 Å². The van der Waals surface area contributed by atoms with Crippen LogP contribution in [0.25, 0.3) is 6.08 Å². The average molecular weight is 555 g/mol. The Bertz CT molecular complexity index is 1270. The van der Waals surface area contributed by atoms with Crippen molar-refractivity contribution in [3.8, 4) is 17.6 Å². The van der Waals surface area contributed by atoms with Gasteiger partial charge in [0, 0.05) is 16.4 Å². The highest BCUT2D eigenvalue weighted by Crippen LogP contribution is 2.37. The minimum atomic E-state index is -0.568. The van der Waals surface area contributed by atoms with Crippen molar-refractivity contribution in [2.24, 2.45) is 0 Å². The van der Waals surface area contributed by atoms with E-state index in [2.05, 4.69) is 26.6 Å². The summed E-state index contributed by atoms with van der Waals surface area (Å²) in [6.45, 7) is 1.91. The molecule has 0 fully saturated rings. The van der Waals surface area contributed by atoms with Gasteiger partial charge in [0.05, 0.1) is 11.1 Å². The highest BCUT2D eigenvalue weighted by molar-refractivity contribution is 9.10. The minimum absolute atomic E-state index is 0.106. The van der Waals surface area contributed by atoms with E-state index in [1.807, 2.05) is 31.2 Å². The Balaban J connectivity index is 1.77. The number of hydrogen-bond donors (Lipinski definition) is 2. The number of ether oxygens (including phenoxy) is 2. The zero-order valence-corrected chi connectivity index (χ0v) is 21.0. The van der Waals surface area contributed by atoms with Crippen molar-refractivity contribution in [3.05, 3.63) is 87.4 Å². The van der Waals surface area contributed by atoms with Crippen LogP contribution in [0.1, 0.15) is 12.5 Å². The van der Waals surface area contributed by atoms with Gasteiger partial charge in [-0.25, -0.2) is 0 Å². The quantitative estimate of drug-likeness (QED) is 0.247. The van der Waals surface area contributed by atoms with E-state index in [1.54, 1.807) is 48.5 Å². The number of carbonyl (C=O) groups is 2. The summed E-state index contributed by atoms with van der Waals surface area (Å²) in [5.74, 6) is -0.214. The molecular formula is C26H21BrClN3O4. The van der Waals surface area contributed by atoms with E-state index < -0.39 is 5.91 Å². The van der Waals surface area contributed by atoms with Crippen molar-refractivity contribution in [2.75, 3.05) is 23.8 Å². The monoisotopic (exact) mass is 553 g/mol. The number of benzene rings is 3. The lowest BCUT2D eigenvalue weighted by atomic mass is 10.1. The number of halogens is 2. The molecule has 3 aromatic carbocycles. The van der Waals surface area contributed by atoms with E-state index in [9.17, 15) is 14.9 Å². The molecule has 9 heteroatoms. The van der Waals surface area contributed by atoms with Crippen molar-refractivity contribution in [1.29, 1.82) is 5.26 Å². The SMILES string of the molecule is CCOc1cc(/C=C(\C#N)C(=O)Nc2ccc(Cl)cc2)cc(Br)c1OCC(=O)Nc1ccccc1. The molecule has 0 aliphatic carbocycles. The van der Waals surface area contributed by atoms with Gasteiger partial charge in [-0.3, -0.25) is 9.59 Å². The van der Waals surface area contributed by atoms with Crippen LogP contribution < -0.4 is 20.1 Å². The molecule has 0 spiro atoms. The van der Waals surface area contributed by atoms with Gasteiger partial charge in [0.1, 0.15) is 11.6 Å². The third-order valence-corrected chi connectivity index (χ3v) is 5.36. The van der Waals surface area contributed by atoms with Crippen LogP contribution in [0.15, 0.2) is 76.8 Å². The van der Waals surface area contributed by atoms with Crippen LogP contribution >= 0.6 is 27.5 Å². The van der Waals surface area contributed by atoms with Crippen LogP contribution in [0.5, 0.6) is 11.5 Å². The molecule has 0 aliphatic heterocycles. The number of carbonyl (C=O) groups excluding carboxylic acids is 2. The number of anilines is 2. The Hall–Kier alpha value is -3.80. The first-order valence-electron chi connectivity index (χ1n) is 10.5. The van der Waals surface area contributed by atoms with E-state index in [1.165, 1.54) is 6.08 Å². The summed E-state index contributed by atoms with van der Waals surface area (Å²) in [5.41, 5.74) is 1.59. The maximum atomic E-state index is 12.6. The number of nitrogens with one attached hydrogen (secondary N) is 2. The Morgan fingerprint density at radius 2 is 1.71 bits per heavy atom. The summed E-state index contributed by atoms with van der Waals surface area (Å²) in [7, 11) is 0. The van der Waals surface area contributed by atoms with E-state index in [0.717, 1.165) is 0 Å². The number of rotatable bonds is 9. The van der Waals surface area contributed by atoms with Crippen molar-refractivity contribution in [3.63, 3.8) is 0 Å². The van der Waals surface area contributed by atoms with Gasteiger partial charge < -0.3 is 20.1 Å². The number of amides is 2. The molecule has 35 heavy (non-hydrogen) atoms. The molecule has 0 aromatic heterocycles. The highest BCUT2D eigenvalue weighted by atomic mass is 79.9. The second kappa shape index (κ2) is 12.6. The summed E-state index contributed by atoms with van der Waals surface area (Å²) in [4.78, 5) is 24.8. The molecule has 0 bridgehead atoms. The zero-order valence-electron chi connectivity index (χ0n) is 18.7. The maximum absolute atomic E-state index is 12.6. The van der Waals surface area contributed by atoms with Crippen LogP contribution in [0, 0.1) is 11.3 Å². The summed E-state index contributed by atoms with van der Waals surface area (Å²) < 4.78 is 11.9. The zero-order chi connectivity index (χ0) is 25.2. The number of para-hydroxylation sites is 1. The average Bonchev–Trinajstić information content (AvgIpc) is 2.84. The van der Waals surface area contributed by atoms with Crippen molar-refractivity contribution in [1.82, 2.24) is 0 Å². The summed E-state index contributed by atoms with van der Waals surface area (Å²) in [6, 6.07) is 20.8. The van der Waals surface area contributed by atoms with E-state index in [0.29, 0.717) is 44.5 Å². The molecule has 0 saturated heterocycles. The smallest absolute Gasteiger partial charge is 0.266 e. The van der Waals surface area contributed by atoms with E-state index in [4.69, 9.17) is 21.1 Å². The largest absolute Gasteiger partial charge is 0.490 e. The molecule has 3 aromatic rings. The second-order valence-electron chi connectivity index (χ2n) is 7.10. The molecule has 7 nitrogen and oxygen atoms in total. The second-order valence-corrected chi connectivity index (χ2v) is 8.39. The van der Waals surface area contributed by atoms with Gasteiger partial charge in [0.2, 0.25) is 0 Å². The highest BCUT2D eigenvalue weighted by Gasteiger charge is 2.16. The predicted molar refractivity (Wildman–Crippen MR) is 140 cm³/mol. The first-order valence-corrected chi connectivity index (χ1v) is 11.7. The normalized spacial score (nSPS) is 10.7. The van der Waals surface area contributed by atoms with Gasteiger partial charge in [0.25, 0.3) is 11.8 Å². The fourth-order valence-corrected chi connectivity index (χ4v) is 3.68. The van der Waals surface area contributed by atoms with Crippen LogP contribution in [0.3, 0.4) is 0 Å². The molecule has 0 atom stereocenters. The van der Waals surface area contributed by atoms with Crippen molar-refractivity contribution < 1.29 is 19.1 Å². The molecule has 0 radical (unpaired) electrons. The van der Waals surface area contributed by atoms with Crippen molar-refractivity contribution in [2.45, 2.75) is 6.92 Å². The van der Waals surface area contributed by atoms with Gasteiger partial charge in [-0.2, -0.15) is 5.26 Å². The molecule has 3 rings (SSSR count). The fraction of sp³-hybridized carbons (Fsp3) is 0.115. The fourth-order valence-electron chi connectivity index (χ4n) is 2.98. The molecule has 2 amide bonds.